The second-order valence-corrected chi connectivity index (χ2v) is 16.4. The molecule has 6 aliphatic rings. The lowest BCUT2D eigenvalue weighted by Crippen LogP contribution is -2.58. The molecule has 4 fully saturated rings. The third-order valence-corrected chi connectivity index (χ3v) is 12.5. The van der Waals surface area contributed by atoms with Crippen LogP contribution in [0, 0.1) is 5.92 Å². The first-order chi connectivity index (χ1) is 24.5. The lowest BCUT2D eigenvalue weighted by atomic mass is 10.0. The maximum atomic E-state index is 14.3. The molecule has 0 spiro atoms. The van der Waals surface area contributed by atoms with Crippen molar-refractivity contribution in [2.75, 3.05) is 19.8 Å². The van der Waals surface area contributed by atoms with Crippen molar-refractivity contribution in [3.8, 4) is 0 Å². The number of alkyl carbamates (subject to hydrolysis) is 1. The number of hydrogen-bond acceptors (Lipinski definition) is 10. The first-order valence-electron chi connectivity index (χ1n) is 17.9. The number of nitrogens with zero attached hydrogens (tertiary/aromatic N) is 2. The molecule has 1 aromatic rings. The number of amides is 5. The van der Waals surface area contributed by atoms with Gasteiger partial charge in [-0.05, 0) is 49.7 Å². The molecule has 3 N–H and O–H groups in total. The number of carbonyl (C=O) groups excluding carboxylic acids is 5. The van der Waals surface area contributed by atoms with Gasteiger partial charge in [-0.1, -0.05) is 49.3 Å². The molecule has 1 aromatic carbocycles. The summed E-state index contributed by atoms with van der Waals surface area (Å²) in [6.07, 6.45) is 5.82. The third kappa shape index (κ3) is 7.86. The molecule has 0 aromatic heterocycles. The highest BCUT2D eigenvalue weighted by Gasteiger charge is 2.62. The van der Waals surface area contributed by atoms with Gasteiger partial charge in [0.25, 0.3) is 5.91 Å². The quantitative estimate of drug-likeness (QED) is 0.366. The molecule has 7 rings (SSSR count). The van der Waals surface area contributed by atoms with Crippen LogP contribution in [0.3, 0.4) is 0 Å². The van der Waals surface area contributed by atoms with Gasteiger partial charge in [0.15, 0.2) is 0 Å². The monoisotopic (exact) mass is 727 g/mol. The second kappa shape index (κ2) is 14.4. The summed E-state index contributed by atoms with van der Waals surface area (Å²) < 4.78 is 44.4. The zero-order valence-electron chi connectivity index (χ0n) is 28.4. The number of sulfonamides is 1. The minimum absolute atomic E-state index is 0.0563. The van der Waals surface area contributed by atoms with Gasteiger partial charge < -0.3 is 29.7 Å². The number of fused-ring (bicyclic) bond motifs is 3. The van der Waals surface area contributed by atoms with Crippen LogP contribution < -0.4 is 15.4 Å². The van der Waals surface area contributed by atoms with E-state index in [1.165, 1.54) is 4.90 Å². The number of rotatable bonds is 6. The van der Waals surface area contributed by atoms with E-state index >= 15 is 0 Å². The van der Waals surface area contributed by atoms with E-state index in [0.29, 0.717) is 51.8 Å². The molecule has 2 saturated heterocycles. The van der Waals surface area contributed by atoms with Crippen LogP contribution in [0.2, 0.25) is 0 Å². The maximum absolute atomic E-state index is 14.3. The van der Waals surface area contributed by atoms with Crippen LogP contribution in [0.25, 0.3) is 0 Å². The first-order valence-corrected chi connectivity index (χ1v) is 19.5. The molecule has 2 saturated carbocycles. The zero-order chi connectivity index (χ0) is 35.8. The van der Waals surface area contributed by atoms with Crippen LogP contribution >= 0.6 is 0 Å². The largest absolute Gasteiger partial charge is 0.444 e. The van der Waals surface area contributed by atoms with Crippen molar-refractivity contribution in [2.45, 2.75) is 112 Å². The Bertz CT molecular complexity index is 1670. The summed E-state index contributed by atoms with van der Waals surface area (Å²) in [4.78, 5) is 71.3. The highest BCUT2D eigenvalue weighted by atomic mass is 32.2. The minimum Gasteiger partial charge on any atom is -0.444 e. The van der Waals surface area contributed by atoms with Crippen molar-refractivity contribution in [3.05, 3.63) is 47.5 Å². The van der Waals surface area contributed by atoms with Crippen LogP contribution in [-0.4, -0.2) is 103 Å². The van der Waals surface area contributed by atoms with Gasteiger partial charge in [0.1, 0.15) is 29.8 Å². The average molecular weight is 728 g/mol. The molecular formula is C35H45N5O10S. The molecular weight excluding hydrogens is 682 g/mol. The molecule has 5 amide bonds. The summed E-state index contributed by atoms with van der Waals surface area (Å²) in [5.74, 6) is -2.48. The van der Waals surface area contributed by atoms with Crippen LogP contribution in [0.4, 0.5) is 9.59 Å². The minimum atomic E-state index is -3.90. The molecule has 0 unspecified atom stereocenters. The Morgan fingerprint density at radius 1 is 0.961 bits per heavy atom. The van der Waals surface area contributed by atoms with Crippen molar-refractivity contribution in [3.63, 3.8) is 0 Å². The highest BCUT2D eigenvalue weighted by Crippen LogP contribution is 2.46. The standard InChI is InChI=1S/C35H45N5O10S/c41-30-29-16-26(50-34(45)39-18-22-8-6-7-9-23(22)19-39)20-40(29)31(42)28(36-33(44)49-25-14-15-48-21-25)11-5-3-1-2-4-10-24-17-35(24,37-30)32(43)38-51(46,47)27-12-13-27/h4,6-10,24-29H,1-3,5,11-21H2,(H,36,44)(H,37,41)(H,38,43)/t24-,25+,26-,28+,29+,35-/m1/s1. The van der Waals surface area contributed by atoms with Crippen molar-refractivity contribution in [1.82, 2.24) is 25.2 Å². The summed E-state index contributed by atoms with van der Waals surface area (Å²) in [5, 5.41) is 4.89. The normalized spacial score (nSPS) is 30.9. The smallest absolute Gasteiger partial charge is 0.410 e. The highest BCUT2D eigenvalue weighted by molar-refractivity contribution is 7.91. The Hall–Kier alpha value is -4.18. The van der Waals surface area contributed by atoms with Gasteiger partial charge >= 0.3 is 12.2 Å². The fraction of sp³-hybridized carbons (Fsp3) is 0.629. The summed E-state index contributed by atoms with van der Waals surface area (Å²) in [7, 11) is -3.90. The Morgan fingerprint density at radius 3 is 2.43 bits per heavy atom. The molecule has 6 atom stereocenters. The fourth-order valence-corrected chi connectivity index (χ4v) is 8.82. The summed E-state index contributed by atoms with van der Waals surface area (Å²) >= 11 is 0. The zero-order valence-corrected chi connectivity index (χ0v) is 29.2. The molecule has 51 heavy (non-hydrogen) atoms. The molecule has 276 valence electrons. The van der Waals surface area contributed by atoms with Gasteiger partial charge in [0, 0.05) is 31.8 Å². The van der Waals surface area contributed by atoms with Crippen molar-refractivity contribution >= 4 is 39.9 Å². The number of allylic oxidation sites excluding steroid dienone is 1. The molecule has 16 heteroatoms. The lowest BCUT2D eigenvalue weighted by Gasteiger charge is -2.30. The van der Waals surface area contributed by atoms with Gasteiger partial charge in [-0.2, -0.15) is 0 Å². The van der Waals surface area contributed by atoms with Gasteiger partial charge in [0.05, 0.1) is 25.0 Å². The number of ether oxygens (including phenoxy) is 3. The third-order valence-electron chi connectivity index (χ3n) is 10.7. The van der Waals surface area contributed by atoms with Crippen LogP contribution in [0.5, 0.6) is 0 Å². The fourth-order valence-electron chi connectivity index (χ4n) is 7.46. The predicted octanol–water partition coefficient (Wildman–Crippen LogP) is 2.00. The topological polar surface area (TPSA) is 190 Å². The SMILES string of the molecule is O=C(N[C@H]1CCCCCC=C[C@@H]2C[C@@]2(C(=O)NS(=O)(=O)C2CC2)NC(=O)[C@@H]2C[C@@H](OC(=O)N3Cc4ccccc4C3)CN2C1=O)O[C@H]1CCOC1. The van der Waals surface area contributed by atoms with Crippen LogP contribution in [0.15, 0.2) is 36.4 Å². The predicted molar refractivity (Wildman–Crippen MR) is 180 cm³/mol. The maximum Gasteiger partial charge on any atom is 0.410 e. The van der Waals surface area contributed by atoms with E-state index < -0.39 is 80.9 Å². The van der Waals surface area contributed by atoms with E-state index in [0.717, 1.165) is 24.0 Å². The summed E-state index contributed by atoms with van der Waals surface area (Å²) in [6.45, 7) is 1.35. The molecule has 2 aliphatic carbocycles. The Labute approximate surface area is 296 Å². The van der Waals surface area contributed by atoms with Gasteiger partial charge in [-0.3, -0.25) is 24.0 Å². The van der Waals surface area contributed by atoms with Crippen molar-refractivity contribution < 1.29 is 46.6 Å². The van der Waals surface area contributed by atoms with E-state index in [1.807, 2.05) is 36.4 Å². The number of nitrogens with one attached hydrogen (secondary N) is 3. The molecule has 0 bridgehead atoms. The molecule has 0 radical (unpaired) electrons. The molecule has 4 heterocycles. The molecule has 15 nitrogen and oxygen atoms in total. The van der Waals surface area contributed by atoms with E-state index in [4.69, 9.17) is 14.2 Å². The number of hydrogen-bond donors (Lipinski definition) is 3. The van der Waals surface area contributed by atoms with E-state index in [2.05, 4.69) is 15.4 Å². The summed E-state index contributed by atoms with van der Waals surface area (Å²) in [5.41, 5.74) is 0.493. The van der Waals surface area contributed by atoms with E-state index in [-0.39, 0.29) is 32.4 Å². The Morgan fingerprint density at radius 2 is 1.73 bits per heavy atom. The first kappa shape index (κ1) is 35.2. The van der Waals surface area contributed by atoms with Gasteiger partial charge in [0.2, 0.25) is 21.8 Å². The van der Waals surface area contributed by atoms with E-state index in [1.54, 1.807) is 4.90 Å². The van der Waals surface area contributed by atoms with Crippen LogP contribution in [-0.2, 0) is 51.7 Å². The second-order valence-electron chi connectivity index (χ2n) is 14.5. The average Bonchev–Trinajstić information content (AvgIpc) is 3.88. The lowest BCUT2D eigenvalue weighted by molar-refractivity contribution is -0.141. The van der Waals surface area contributed by atoms with Crippen molar-refractivity contribution in [1.29, 1.82) is 0 Å². The van der Waals surface area contributed by atoms with Crippen molar-refractivity contribution in [2.24, 2.45) is 5.92 Å². The van der Waals surface area contributed by atoms with Gasteiger partial charge in [-0.25, -0.2) is 18.0 Å². The number of benzene rings is 1. The van der Waals surface area contributed by atoms with Crippen LogP contribution in [0.1, 0.15) is 75.3 Å². The molecule has 4 aliphatic heterocycles. The summed E-state index contributed by atoms with van der Waals surface area (Å²) in [6, 6.07) is 5.48. The van der Waals surface area contributed by atoms with Gasteiger partial charge in [-0.15, -0.1) is 0 Å². The Balaban J connectivity index is 1.12. The number of carbonyl (C=O) groups is 5. The Kier molecular flexibility index (Phi) is 9.98. The van der Waals surface area contributed by atoms with E-state index in [9.17, 15) is 32.4 Å².